The molecule has 0 aliphatic rings. The number of rotatable bonds is 9. The lowest BCUT2D eigenvalue weighted by Gasteiger charge is -2.11. The lowest BCUT2D eigenvalue weighted by atomic mass is 10.1. The van der Waals surface area contributed by atoms with Crippen LogP contribution in [0.5, 0.6) is 0 Å². The van der Waals surface area contributed by atoms with E-state index in [1.807, 2.05) is 0 Å². The van der Waals surface area contributed by atoms with Gasteiger partial charge in [0.1, 0.15) is 6.29 Å². The molecule has 2 heteroatoms. The lowest BCUT2D eigenvalue weighted by Crippen LogP contribution is -2.09. The second kappa shape index (κ2) is 9.72. The van der Waals surface area contributed by atoms with E-state index in [4.69, 9.17) is 4.74 Å². The molecule has 0 heterocycles. The van der Waals surface area contributed by atoms with Gasteiger partial charge < -0.3 is 9.53 Å². The Morgan fingerprint density at radius 1 is 1.31 bits per heavy atom. The number of unbranched alkanes of at least 4 members (excludes halogenated alkanes) is 3. The van der Waals surface area contributed by atoms with E-state index in [-0.39, 0.29) is 0 Å². The third-order valence-corrected chi connectivity index (χ3v) is 2.10. The van der Waals surface area contributed by atoms with Crippen molar-refractivity contribution in [1.82, 2.24) is 0 Å². The fraction of sp³-hybridized carbons (Fsp3) is 0.909. The Labute approximate surface area is 81.7 Å². The maximum atomic E-state index is 10.0. The van der Waals surface area contributed by atoms with Crippen molar-refractivity contribution in [3.8, 4) is 0 Å². The number of carbonyl (C=O) groups excluding carboxylic acids is 1. The van der Waals surface area contributed by atoms with Crippen molar-refractivity contribution in [2.24, 2.45) is 0 Å². The zero-order chi connectivity index (χ0) is 9.94. The van der Waals surface area contributed by atoms with Crippen LogP contribution in [0.3, 0.4) is 0 Å². The fourth-order valence-corrected chi connectivity index (χ4v) is 1.26. The molecule has 0 spiro atoms. The van der Waals surface area contributed by atoms with E-state index in [2.05, 4.69) is 13.8 Å². The normalized spacial score (nSPS) is 12.8. The van der Waals surface area contributed by atoms with Gasteiger partial charge in [0.05, 0.1) is 12.7 Å². The van der Waals surface area contributed by atoms with Gasteiger partial charge in [-0.05, 0) is 13.3 Å². The summed E-state index contributed by atoms with van der Waals surface area (Å²) >= 11 is 0. The molecule has 0 saturated carbocycles. The summed E-state index contributed by atoms with van der Waals surface area (Å²) in [5.74, 6) is 0. The van der Waals surface area contributed by atoms with E-state index in [0.717, 1.165) is 12.7 Å². The number of ether oxygens (including phenoxy) is 1. The molecule has 0 aromatic carbocycles. The van der Waals surface area contributed by atoms with Crippen molar-refractivity contribution >= 4 is 6.29 Å². The van der Waals surface area contributed by atoms with Gasteiger partial charge >= 0.3 is 0 Å². The van der Waals surface area contributed by atoms with Crippen LogP contribution in [0.25, 0.3) is 0 Å². The zero-order valence-corrected chi connectivity index (χ0v) is 8.92. The highest BCUT2D eigenvalue weighted by molar-refractivity contribution is 5.49. The molecule has 0 aromatic rings. The van der Waals surface area contributed by atoms with Crippen LogP contribution in [-0.4, -0.2) is 19.0 Å². The molecule has 0 radical (unpaired) electrons. The molecule has 0 N–H and O–H groups in total. The first-order chi connectivity index (χ1) is 6.31. The van der Waals surface area contributed by atoms with E-state index in [0.29, 0.717) is 19.1 Å². The summed E-state index contributed by atoms with van der Waals surface area (Å²) in [6, 6.07) is 0. The summed E-state index contributed by atoms with van der Waals surface area (Å²) in [5, 5.41) is 0. The third-order valence-electron chi connectivity index (χ3n) is 2.10. The summed E-state index contributed by atoms with van der Waals surface area (Å²) in [7, 11) is 0. The molecule has 1 atom stereocenters. The molecule has 1 unspecified atom stereocenters. The Kier molecular flexibility index (Phi) is 9.44. The summed E-state index contributed by atoms with van der Waals surface area (Å²) in [4.78, 5) is 10.0. The summed E-state index contributed by atoms with van der Waals surface area (Å²) in [6.07, 6.45) is 8.02. The number of hydrogen-bond donors (Lipinski definition) is 0. The van der Waals surface area contributed by atoms with E-state index >= 15 is 0 Å². The zero-order valence-electron chi connectivity index (χ0n) is 8.92. The molecule has 0 bridgehead atoms. The van der Waals surface area contributed by atoms with E-state index in [1.54, 1.807) is 0 Å². The molecule has 0 aliphatic heterocycles. The SMILES string of the molecule is CCCCCCC(C)OCCC=O. The molecule has 2 nitrogen and oxygen atoms in total. The van der Waals surface area contributed by atoms with Crippen LogP contribution < -0.4 is 0 Å². The van der Waals surface area contributed by atoms with Crippen molar-refractivity contribution in [2.75, 3.05) is 6.61 Å². The van der Waals surface area contributed by atoms with Crippen LogP contribution in [0.4, 0.5) is 0 Å². The Morgan fingerprint density at radius 3 is 2.69 bits per heavy atom. The molecule has 0 fully saturated rings. The van der Waals surface area contributed by atoms with Gasteiger partial charge in [0.25, 0.3) is 0 Å². The molecule has 13 heavy (non-hydrogen) atoms. The van der Waals surface area contributed by atoms with Crippen LogP contribution >= 0.6 is 0 Å². The van der Waals surface area contributed by atoms with Crippen LogP contribution in [0.15, 0.2) is 0 Å². The average Bonchev–Trinajstić information content (AvgIpc) is 2.13. The van der Waals surface area contributed by atoms with Gasteiger partial charge in [0.15, 0.2) is 0 Å². The highest BCUT2D eigenvalue weighted by atomic mass is 16.5. The topological polar surface area (TPSA) is 26.3 Å². The van der Waals surface area contributed by atoms with Gasteiger partial charge in [-0.2, -0.15) is 0 Å². The van der Waals surface area contributed by atoms with Gasteiger partial charge in [0.2, 0.25) is 0 Å². The first kappa shape index (κ1) is 12.6. The van der Waals surface area contributed by atoms with Crippen LogP contribution in [0, 0.1) is 0 Å². The maximum Gasteiger partial charge on any atom is 0.122 e. The minimum Gasteiger partial charge on any atom is -0.378 e. The molecule has 0 aromatic heterocycles. The Balaban J connectivity index is 3.09. The second-order valence-corrected chi connectivity index (χ2v) is 3.49. The van der Waals surface area contributed by atoms with Gasteiger partial charge in [-0.3, -0.25) is 0 Å². The second-order valence-electron chi connectivity index (χ2n) is 3.49. The van der Waals surface area contributed by atoms with Crippen LogP contribution in [-0.2, 0) is 9.53 Å². The standard InChI is InChI=1S/C11H22O2/c1-3-4-5-6-8-11(2)13-10-7-9-12/h9,11H,3-8,10H2,1-2H3. The molecule has 78 valence electrons. The molecule has 0 amide bonds. The Morgan fingerprint density at radius 2 is 2.08 bits per heavy atom. The highest BCUT2D eigenvalue weighted by Crippen LogP contribution is 2.07. The maximum absolute atomic E-state index is 10.0. The van der Waals surface area contributed by atoms with E-state index < -0.39 is 0 Å². The molecular weight excluding hydrogens is 164 g/mol. The minimum atomic E-state index is 0.316. The van der Waals surface area contributed by atoms with Gasteiger partial charge in [-0.1, -0.05) is 32.6 Å². The van der Waals surface area contributed by atoms with E-state index in [1.165, 1.54) is 25.7 Å². The van der Waals surface area contributed by atoms with Gasteiger partial charge in [-0.25, -0.2) is 0 Å². The molecule has 0 saturated heterocycles. The van der Waals surface area contributed by atoms with Crippen molar-refractivity contribution in [3.05, 3.63) is 0 Å². The van der Waals surface area contributed by atoms with Gasteiger partial charge in [-0.15, -0.1) is 0 Å². The Hall–Kier alpha value is -0.370. The summed E-state index contributed by atoms with van der Waals surface area (Å²) < 4.78 is 5.43. The minimum absolute atomic E-state index is 0.316. The predicted octanol–water partition coefficient (Wildman–Crippen LogP) is 2.95. The highest BCUT2D eigenvalue weighted by Gasteiger charge is 2.00. The predicted molar refractivity (Wildman–Crippen MR) is 54.9 cm³/mol. The smallest absolute Gasteiger partial charge is 0.122 e. The quantitative estimate of drug-likeness (QED) is 0.409. The third kappa shape index (κ3) is 9.54. The number of hydrogen-bond acceptors (Lipinski definition) is 2. The van der Waals surface area contributed by atoms with Gasteiger partial charge in [0, 0.05) is 6.42 Å². The van der Waals surface area contributed by atoms with Crippen molar-refractivity contribution in [1.29, 1.82) is 0 Å². The van der Waals surface area contributed by atoms with E-state index in [9.17, 15) is 4.79 Å². The summed E-state index contributed by atoms with van der Waals surface area (Å²) in [5.41, 5.74) is 0. The number of aldehydes is 1. The molecular formula is C11H22O2. The van der Waals surface area contributed by atoms with Crippen LogP contribution in [0.1, 0.15) is 52.4 Å². The molecule has 0 aliphatic carbocycles. The fourth-order valence-electron chi connectivity index (χ4n) is 1.26. The number of carbonyl (C=O) groups is 1. The molecule has 0 rings (SSSR count). The van der Waals surface area contributed by atoms with Crippen molar-refractivity contribution in [2.45, 2.75) is 58.5 Å². The van der Waals surface area contributed by atoms with Crippen molar-refractivity contribution in [3.63, 3.8) is 0 Å². The monoisotopic (exact) mass is 186 g/mol. The first-order valence-electron chi connectivity index (χ1n) is 5.36. The summed E-state index contributed by atoms with van der Waals surface area (Å²) in [6.45, 7) is 4.87. The lowest BCUT2D eigenvalue weighted by molar-refractivity contribution is -0.109. The largest absolute Gasteiger partial charge is 0.378 e. The average molecular weight is 186 g/mol. The van der Waals surface area contributed by atoms with Crippen molar-refractivity contribution < 1.29 is 9.53 Å². The Bertz CT molecular complexity index is 113. The first-order valence-corrected chi connectivity index (χ1v) is 5.36. The van der Waals surface area contributed by atoms with Crippen LogP contribution in [0.2, 0.25) is 0 Å².